The van der Waals surface area contributed by atoms with E-state index in [4.69, 9.17) is 9.47 Å². The fourth-order valence-corrected chi connectivity index (χ4v) is 11.5. The van der Waals surface area contributed by atoms with Crippen LogP contribution in [-0.4, -0.2) is 81.1 Å². The Morgan fingerprint density at radius 1 is 1.08 bits per heavy atom. The van der Waals surface area contributed by atoms with E-state index in [9.17, 15) is 24.3 Å². The van der Waals surface area contributed by atoms with Crippen molar-refractivity contribution in [3.8, 4) is 0 Å². The van der Waals surface area contributed by atoms with Crippen LogP contribution in [-0.2, 0) is 29.5 Å². The maximum absolute atomic E-state index is 16.5. The first-order chi connectivity index (χ1) is 23.9. The SMILES string of the molecule is COC(=O)CCCCN1C(=O)[C@@]2(O[C@@H](CC(=O)N3CCC[C@H]3CO)[C@H]([Si](C)(C)F)[C@H]2C)c2cc(N3C(=O)c4cccc5cccc3c45)ccc21. The number of methoxy groups -OCH3 is 1. The van der Waals surface area contributed by atoms with Crippen molar-refractivity contribution < 1.29 is 37.9 Å². The molecule has 0 bridgehead atoms. The molecule has 0 unspecified atom stereocenters. The first kappa shape index (κ1) is 34.3. The van der Waals surface area contributed by atoms with Crippen LogP contribution in [0.2, 0.25) is 18.6 Å². The third-order valence-electron chi connectivity index (χ3n) is 11.3. The highest BCUT2D eigenvalue weighted by Crippen LogP contribution is 2.61. The van der Waals surface area contributed by atoms with E-state index in [0.717, 1.165) is 22.9 Å². The molecule has 10 nitrogen and oxygen atoms in total. The molecule has 50 heavy (non-hydrogen) atoms. The second-order valence-electron chi connectivity index (χ2n) is 14.6. The van der Waals surface area contributed by atoms with E-state index in [0.29, 0.717) is 54.9 Å². The average molecular weight is 702 g/mol. The minimum Gasteiger partial charge on any atom is -0.469 e. The molecule has 3 aromatic rings. The zero-order valence-corrected chi connectivity index (χ0v) is 30.0. The average Bonchev–Trinajstić information content (AvgIpc) is 3.82. The number of esters is 1. The summed E-state index contributed by atoms with van der Waals surface area (Å²) in [6.45, 7) is 5.72. The molecule has 4 aliphatic heterocycles. The number of fused-ring (bicyclic) bond motifs is 2. The van der Waals surface area contributed by atoms with Gasteiger partial charge in [-0.25, -0.2) is 0 Å². The number of unbranched alkanes of at least 4 members (excludes halogenated alkanes) is 1. The minimum absolute atomic E-state index is 0.100. The number of rotatable bonds is 10. The Morgan fingerprint density at radius 3 is 2.56 bits per heavy atom. The molecule has 0 aromatic heterocycles. The van der Waals surface area contributed by atoms with E-state index in [2.05, 4.69) is 0 Å². The molecular formula is C38H44FN3O7Si. The number of carbonyl (C=O) groups is 4. The molecule has 0 aliphatic carbocycles. The molecule has 7 rings (SSSR count). The molecule has 4 aliphatic rings. The van der Waals surface area contributed by atoms with Crippen molar-refractivity contribution in [2.75, 3.05) is 36.6 Å². The van der Waals surface area contributed by atoms with Crippen molar-refractivity contribution in [2.45, 2.75) is 81.8 Å². The monoisotopic (exact) mass is 701 g/mol. The number of likely N-dealkylation sites (tertiary alicyclic amines) is 1. The smallest absolute Gasteiger partial charge is 0.305 e. The third kappa shape index (κ3) is 5.34. The van der Waals surface area contributed by atoms with Crippen LogP contribution in [0.25, 0.3) is 10.8 Å². The van der Waals surface area contributed by atoms with Crippen LogP contribution in [0.4, 0.5) is 21.2 Å². The van der Waals surface area contributed by atoms with Crippen molar-refractivity contribution in [3.05, 3.63) is 65.7 Å². The largest absolute Gasteiger partial charge is 0.469 e. The summed E-state index contributed by atoms with van der Waals surface area (Å²) < 4.78 is 28.2. The van der Waals surface area contributed by atoms with E-state index in [1.807, 2.05) is 61.5 Å². The summed E-state index contributed by atoms with van der Waals surface area (Å²) in [5, 5.41) is 11.7. The van der Waals surface area contributed by atoms with Gasteiger partial charge in [0.15, 0.2) is 5.60 Å². The van der Waals surface area contributed by atoms with Gasteiger partial charge >= 0.3 is 5.97 Å². The molecule has 264 valence electrons. The molecule has 2 saturated heterocycles. The number of carbonyl (C=O) groups excluding carboxylic acids is 4. The summed E-state index contributed by atoms with van der Waals surface area (Å²) in [4.78, 5) is 59.3. The summed E-state index contributed by atoms with van der Waals surface area (Å²) in [6, 6.07) is 16.6. The minimum atomic E-state index is -3.55. The first-order valence-corrected chi connectivity index (χ1v) is 20.5. The standard InChI is InChI=1S/C38H44FN3O7Si/c1-23-35(50(3,4)39)31(21-32(44)40-19-9-12-26(40)22-43)49-38(23)28-20-25(16-17-29(28)41(37(38)47)18-6-5-15-33(45)48-2)42-30-14-8-11-24-10-7-13-27(34(24)30)36(42)46/h7-8,10-11,13-14,16-17,20,23,26,31,35,43H,5-6,9,12,15,18-19,21-22H2,1-4H3/t23-,26+,31+,35-,38+/m1/s1. The predicted octanol–water partition coefficient (Wildman–Crippen LogP) is 5.97. The van der Waals surface area contributed by atoms with E-state index in [-0.39, 0.29) is 49.2 Å². The molecule has 5 atom stereocenters. The number of hydrogen-bond acceptors (Lipinski definition) is 7. The number of halogens is 1. The molecule has 3 aromatic carbocycles. The van der Waals surface area contributed by atoms with Gasteiger partial charge in [0.25, 0.3) is 11.8 Å². The molecule has 1 N–H and O–H groups in total. The van der Waals surface area contributed by atoms with Crippen molar-refractivity contribution >= 4 is 59.9 Å². The molecule has 3 amide bonds. The van der Waals surface area contributed by atoms with Crippen LogP contribution in [0.15, 0.2) is 54.6 Å². The van der Waals surface area contributed by atoms with Gasteiger partial charge in [-0.3, -0.25) is 24.1 Å². The Balaban J connectivity index is 1.30. The number of nitrogens with zero attached hydrogens (tertiary/aromatic N) is 3. The lowest BCUT2D eigenvalue weighted by Crippen LogP contribution is -2.45. The topological polar surface area (TPSA) is 117 Å². The molecule has 12 heteroatoms. The van der Waals surface area contributed by atoms with Gasteiger partial charge in [0.1, 0.15) is 0 Å². The lowest BCUT2D eigenvalue weighted by Gasteiger charge is -2.31. The first-order valence-electron chi connectivity index (χ1n) is 17.6. The van der Waals surface area contributed by atoms with Gasteiger partial charge in [0.2, 0.25) is 14.3 Å². The summed E-state index contributed by atoms with van der Waals surface area (Å²) in [5.41, 5.74) is 0.761. The lowest BCUT2D eigenvalue weighted by atomic mass is 9.82. The number of ether oxygens (including phenoxy) is 2. The third-order valence-corrected chi connectivity index (χ3v) is 13.7. The highest BCUT2D eigenvalue weighted by Gasteiger charge is 2.67. The summed E-state index contributed by atoms with van der Waals surface area (Å²) in [7, 11) is -2.21. The quantitative estimate of drug-likeness (QED) is 0.120. The van der Waals surface area contributed by atoms with Crippen LogP contribution < -0.4 is 9.80 Å². The van der Waals surface area contributed by atoms with Crippen LogP contribution in [0.3, 0.4) is 0 Å². The van der Waals surface area contributed by atoms with E-state index >= 15 is 4.11 Å². The second-order valence-corrected chi connectivity index (χ2v) is 18.3. The Labute approximate surface area is 292 Å². The number of hydrogen-bond donors (Lipinski definition) is 1. The predicted molar refractivity (Wildman–Crippen MR) is 190 cm³/mol. The fourth-order valence-electron chi connectivity index (χ4n) is 9.05. The Morgan fingerprint density at radius 2 is 1.84 bits per heavy atom. The second kappa shape index (κ2) is 12.9. The van der Waals surface area contributed by atoms with Gasteiger partial charge in [-0.1, -0.05) is 31.2 Å². The number of amides is 3. The van der Waals surface area contributed by atoms with Gasteiger partial charge in [-0.15, -0.1) is 0 Å². The van der Waals surface area contributed by atoms with E-state index in [1.54, 1.807) is 27.8 Å². The van der Waals surface area contributed by atoms with Gasteiger partial charge in [-0.05, 0) is 74.5 Å². The fraction of sp³-hybridized carbons (Fsp3) is 0.474. The number of aliphatic hydroxyl groups is 1. The van der Waals surface area contributed by atoms with Gasteiger partial charge in [-0.2, -0.15) is 0 Å². The molecular weight excluding hydrogens is 658 g/mol. The molecule has 0 saturated carbocycles. The maximum atomic E-state index is 16.5. The Kier molecular flexibility index (Phi) is 8.84. The van der Waals surface area contributed by atoms with Crippen molar-refractivity contribution in [3.63, 3.8) is 0 Å². The summed E-state index contributed by atoms with van der Waals surface area (Å²) >= 11 is 0. The highest BCUT2D eigenvalue weighted by molar-refractivity contribution is 6.72. The van der Waals surface area contributed by atoms with Crippen LogP contribution in [0.5, 0.6) is 0 Å². The lowest BCUT2D eigenvalue weighted by molar-refractivity contribution is -0.150. The summed E-state index contributed by atoms with van der Waals surface area (Å²) in [6.07, 6.45) is 1.75. The van der Waals surface area contributed by atoms with Gasteiger partial charge in [0.05, 0.1) is 49.2 Å². The maximum Gasteiger partial charge on any atom is 0.305 e. The summed E-state index contributed by atoms with van der Waals surface area (Å²) in [5.74, 6) is -1.69. The highest BCUT2D eigenvalue weighted by atomic mass is 28.4. The van der Waals surface area contributed by atoms with Crippen LogP contribution in [0.1, 0.15) is 61.4 Å². The Bertz CT molecular complexity index is 1880. The van der Waals surface area contributed by atoms with Crippen LogP contribution >= 0.6 is 0 Å². The normalized spacial score (nSPS) is 25.8. The van der Waals surface area contributed by atoms with Crippen molar-refractivity contribution in [1.82, 2.24) is 4.90 Å². The Hall–Kier alpha value is -4.13. The van der Waals surface area contributed by atoms with Crippen molar-refractivity contribution in [2.24, 2.45) is 5.92 Å². The van der Waals surface area contributed by atoms with E-state index in [1.165, 1.54) is 7.11 Å². The molecule has 0 radical (unpaired) electrons. The van der Waals surface area contributed by atoms with Gasteiger partial charge < -0.3 is 28.5 Å². The van der Waals surface area contributed by atoms with Crippen molar-refractivity contribution in [1.29, 1.82) is 0 Å². The number of aliphatic hydroxyl groups excluding tert-OH is 1. The molecule has 2 fully saturated rings. The van der Waals surface area contributed by atoms with Crippen LogP contribution in [0, 0.1) is 5.92 Å². The zero-order chi connectivity index (χ0) is 35.5. The molecule has 4 heterocycles. The number of benzene rings is 3. The molecule has 1 spiro atoms. The van der Waals surface area contributed by atoms with E-state index < -0.39 is 31.6 Å². The zero-order valence-electron chi connectivity index (χ0n) is 29.0. The number of anilines is 3. The van der Waals surface area contributed by atoms with Gasteiger partial charge in [0, 0.05) is 47.6 Å².